The van der Waals surface area contributed by atoms with E-state index >= 15 is 0 Å². The van der Waals surface area contributed by atoms with Crippen LogP contribution in [0.3, 0.4) is 0 Å². The number of pyridine rings is 1. The molecule has 0 saturated carbocycles. The summed E-state index contributed by atoms with van der Waals surface area (Å²) in [5.74, 6) is 1.19. The lowest BCUT2D eigenvalue weighted by Gasteiger charge is -2.13. The van der Waals surface area contributed by atoms with E-state index in [9.17, 15) is 4.79 Å². The molecule has 3 N–H and O–H groups in total. The van der Waals surface area contributed by atoms with E-state index in [0.29, 0.717) is 23.1 Å². The van der Waals surface area contributed by atoms with Gasteiger partial charge in [-0.05, 0) is 37.3 Å². The third kappa shape index (κ3) is 5.70. The Kier molecular flexibility index (Phi) is 6.67. The van der Waals surface area contributed by atoms with E-state index in [1.165, 1.54) is 11.8 Å². The van der Waals surface area contributed by atoms with Gasteiger partial charge in [-0.1, -0.05) is 24.4 Å². The van der Waals surface area contributed by atoms with Crippen molar-refractivity contribution in [2.45, 2.75) is 12.5 Å². The zero-order valence-electron chi connectivity index (χ0n) is 15.2. The highest BCUT2D eigenvalue weighted by molar-refractivity contribution is 8.17. The first kappa shape index (κ1) is 19.2. The number of hydrogen-bond donors (Lipinski definition) is 3. The van der Waals surface area contributed by atoms with Gasteiger partial charge in [0, 0.05) is 29.3 Å². The Bertz CT molecular complexity index is 797. The number of amides is 1. The lowest BCUT2D eigenvalue weighted by molar-refractivity contribution is 0.0940. The van der Waals surface area contributed by atoms with Crippen LogP contribution in [0.4, 0.5) is 5.82 Å². The van der Waals surface area contributed by atoms with E-state index in [1.54, 1.807) is 25.4 Å². The number of carbonyl (C=O) groups is 1. The first-order chi connectivity index (χ1) is 13.1. The van der Waals surface area contributed by atoms with Crippen LogP contribution in [-0.4, -0.2) is 48.8 Å². The molecule has 0 aromatic carbocycles. The Morgan fingerprint density at radius 2 is 2.37 bits per heavy atom. The second-order valence-electron chi connectivity index (χ2n) is 6.09. The van der Waals surface area contributed by atoms with Crippen molar-refractivity contribution >= 4 is 28.7 Å². The molecular weight excluding hydrogens is 362 g/mol. The fourth-order valence-electron chi connectivity index (χ4n) is 2.69. The van der Waals surface area contributed by atoms with Crippen molar-refractivity contribution in [2.24, 2.45) is 4.99 Å². The maximum Gasteiger partial charge on any atom is 0.251 e. The highest BCUT2D eigenvalue weighted by Gasteiger charge is 2.18. The van der Waals surface area contributed by atoms with Gasteiger partial charge in [0.15, 0.2) is 5.17 Å². The third-order valence-corrected chi connectivity index (χ3v) is 4.85. The Labute approximate surface area is 163 Å². The number of hydrogen-bond acceptors (Lipinski definition) is 7. The summed E-state index contributed by atoms with van der Waals surface area (Å²) in [5.41, 5.74) is 0.563. The topological polar surface area (TPSA) is 87.6 Å². The zero-order chi connectivity index (χ0) is 19.1. The van der Waals surface area contributed by atoms with Gasteiger partial charge in [0.2, 0.25) is 0 Å². The lowest BCUT2D eigenvalue weighted by atomic mass is 10.2. The van der Waals surface area contributed by atoms with Gasteiger partial charge in [0.1, 0.15) is 11.6 Å². The summed E-state index contributed by atoms with van der Waals surface area (Å²) in [5, 5.41) is 10.1. The molecule has 8 heteroatoms. The molecule has 1 aromatic heterocycles. The van der Waals surface area contributed by atoms with Crippen LogP contribution in [-0.2, 0) is 4.74 Å². The van der Waals surface area contributed by atoms with E-state index in [2.05, 4.69) is 32.5 Å². The van der Waals surface area contributed by atoms with E-state index in [-0.39, 0.29) is 11.9 Å². The van der Waals surface area contributed by atoms with Crippen LogP contribution >= 0.6 is 11.8 Å². The number of methoxy groups -OCH3 is 1. The molecule has 0 spiro atoms. The van der Waals surface area contributed by atoms with Crippen molar-refractivity contribution in [1.82, 2.24) is 15.6 Å². The molecule has 27 heavy (non-hydrogen) atoms. The molecule has 7 nitrogen and oxygen atoms in total. The standard InChI is InChI=1S/C19H23N5O2S/c1-13-10-16(26-2)4-3-7-22-19(27-13)24-17-11-14(5-9-21-17)18(25)23-15-6-8-20-12-15/h3-5,9-11,15,20H,1,6-8,12H2,2H3,(H,23,25)(H,21,22,24)/b4-3-,16-10+. The van der Waals surface area contributed by atoms with Gasteiger partial charge >= 0.3 is 0 Å². The number of thioether (sulfide) groups is 1. The summed E-state index contributed by atoms with van der Waals surface area (Å²) in [6, 6.07) is 3.60. The third-order valence-electron chi connectivity index (χ3n) is 4.04. The number of carbonyl (C=O) groups excluding carboxylic acids is 1. The average Bonchev–Trinajstić information content (AvgIpc) is 3.18. The maximum absolute atomic E-state index is 12.4. The Hall–Kier alpha value is -2.58. The SMILES string of the molecule is C=C1/C=C(OC)\C=C/CN=C(Nc2cc(C(=O)NC3CCNC3)ccn2)S1. The molecule has 3 rings (SSSR count). The molecule has 1 saturated heterocycles. The highest BCUT2D eigenvalue weighted by Crippen LogP contribution is 2.22. The molecule has 142 valence electrons. The first-order valence-corrected chi connectivity index (χ1v) is 9.54. The number of aliphatic imine (C=N–C) groups is 1. The smallest absolute Gasteiger partial charge is 0.251 e. The monoisotopic (exact) mass is 385 g/mol. The van der Waals surface area contributed by atoms with Crippen molar-refractivity contribution in [3.63, 3.8) is 0 Å². The van der Waals surface area contributed by atoms with Crippen LogP contribution < -0.4 is 16.0 Å². The number of nitrogens with one attached hydrogen (secondary N) is 3. The quantitative estimate of drug-likeness (QED) is 0.737. The maximum atomic E-state index is 12.4. The lowest BCUT2D eigenvalue weighted by Crippen LogP contribution is -2.36. The minimum absolute atomic E-state index is 0.0989. The molecule has 1 atom stereocenters. The summed E-state index contributed by atoms with van der Waals surface area (Å²) in [6.45, 7) is 6.25. The van der Waals surface area contributed by atoms with Crippen molar-refractivity contribution in [2.75, 3.05) is 32.1 Å². The second kappa shape index (κ2) is 9.38. The summed E-state index contributed by atoms with van der Waals surface area (Å²) < 4.78 is 5.27. The minimum atomic E-state index is -0.0989. The normalized spacial score (nSPS) is 23.1. The second-order valence-corrected chi connectivity index (χ2v) is 7.20. The molecule has 1 unspecified atom stereocenters. The van der Waals surface area contributed by atoms with Crippen LogP contribution in [0.25, 0.3) is 0 Å². The Balaban J connectivity index is 1.68. The number of ether oxygens (including phenoxy) is 1. The van der Waals surface area contributed by atoms with Gasteiger partial charge in [0.25, 0.3) is 5.91 Å². The van der Waals surface area contributed by atoms with Crippen LogP contribution in [0, 0.1) is 0 Å². The summed E-state index contributed by atoms with van der Waals surface area (Å²) >= 11 is 1.39. The summed E-state index contributed by atoms with van der Waals surface area (Å²) in [4.78, 5) is 22.0. The molecule has 0 radical (unpaired) electrons. The molecule has 2 aliphatic heterocycles. The van der Waals surface area contributed by atoms with E-state index in [1.807, 2.05) is 18.2 Å². The Morgan fingerprint density at radius 3 is 3.15 bits per heavy atom. The van der Waals surface area contributed by atoms with Gasteiger partial charge in [-0.15, -0.1) is 0 Å². The van der Waals surface area contributed by atoms with E-state index < -0.39 is 0 Å². The number of aromatic nitrogens is 1. The van der Waals surface area contributed by atoms with Gasteiger partial charge < -0.3 is 20.7 Å². The number of amidine groups is 1. The number of rotatable bonds is 4. The summed E-state index contributed by atoms with van der Waals surface area (Å²) in [7, 11) is 1.62. The van der Waals surface area contributed by atoms with Crippen molar-refractivity contribution < 1.29 is 9.53 Å². The van der Waals surface area contributed by atoms with Gasteiger partial charge in [-0.3, -0.25) is 9.79 Å². The van der Waals surface area contributed by atoms with Gasteiger partial charge in [0.05, 0.1) is 13.7 Å². The van der Waals surface area contributed by atoms with Crippen molar-refractivity contribution in [1.29, 1.82) is 0 Å². The number of allylic oxidation sites excluding steroid dienone is 2. The zero-order valence-corrected chi connectivity index (χ0v) is 16.0. The van der Waals surface area contributed by atoms with E-state index in [4.69, 9.17) is 4.74 Å². The molecule has 1 aromatic rings. The molecule has 1 fully saturated rings. The predicted molar refractivity (Wildman–Crippen MR) is 110 cm³/mol. The van der Waals surface area contributed by atoms with Crippen LogP contribution in [0.1, 0.15) is 16.8 Å². The van der Waals surface area contributed by atoms with Gasteiger partial charge in [-0.25, -0.2) is 4.98 Å². The highest BCUT2D eigenvalue weighted by atomic mass is 32.2. The predicted octanol–water partition coefficient (Wildman–Crippen LogP) is 2.29. The first-order valence-electron chi connectivity index (χ1n) is 8.72. The van der Waals surface area contributed by atoms with Crippen LogP contribution in [0.5, 0.6) is 0 Å². The molecule has 1 amide bonds. The number of anilines is 1. The van der Waals surface area contributed by atoms with Gasteiger partial charge in [-0.2, -0.15) is 0 Å². The molecule has 3 heterocycles. The molecular formula is C19H23N5O2S. The largest absolute Gasteiger partial charge is 0.497 e. The molecule has 2 aliphatic rings. The fraction of sp³-hybridized carbons (Fsp3) is 0.316. The molecule has 0 bridgehead atoms. The fourth-order valence-corrected chi connectivity index (χ4v) is 3.40. The van der Waals surface area contributed by atoms with E-state index in [0.717, 1.165) is 30.2 Å². The Morgan fingerprint density at radius 1 is 1.48 bits per heavy atom. The van der Waals surface area contributed by atoms with Crippen LogP contribution in [0.15, 0.2) is 58.8 Å². The summed E-state index contributed by atoms with van der Waals surface area (Å²) in [6.07, 6.45) is 8.17. The minimum Gasteiger partial charge on any atom is -0.497 e. The van der Waals surface area contributed by atoms with Crippen molar-refractivity contribution in [3.05, 3.63) is 59.4 Å². The molecule has 0 aliphatic carbocycles. The van der Waals surface area contributed by atoms with Crippen LogP contribution in [0.2, 0.25) is 0 Å². The van der Waals surface area contributed by atoms with Crippen molar-refractivity contribution in [3.8, 4) is 0 Å². The number of nitrogens with zero attached hydrogens (tertiary/aromatic N) is 2. The average molecular weight is 385 g/mol.